The largest absolute Gasteiger partial charge is 0.396 e. The Morgan fingerprint density at radius 3 is 2.42 bits per heavy atom. The molecular formula is C14H15BrO2S2. The molecule has 0 fully saturated rings. The van der Waals surface area contributed by atoms with Gasteiger partial charge in [-0.1, -0.05) is 12.1 Å². The Hall–Kier alpha value is -0.200. The molecule has 0 heterocycles. The van der Waals surface area contributed by atoms with Gasteiger partial charge in [0.15, 0.2) is 0 Å². The number of thioether (sulfide) groups is 2. The van der Waals surface area contributed by atoms with Crippen LogP contribution in [0, 0.1) is 0 Å². The number of aliphatic hydroxyl groups is 2. The van der Waals surface area contributed by atoms with Gasteiger partial charge >= 0.3 is 0 Å². The molecule has 0 radical (unpaired) electrons. The molecule has 0 aromatic heterocycles. The third kappa shape index (κ3) is 3.89. The van der Waals surface area contributed by atoms with E-state index in [1.165, 1.54) is 15.7 Å². The molecule has 0 saturated heterocycles. The fourth-order valence-electron chi connectivity index (χ4n) is 1.77. The van der Waals surface area contributed by atoms with Crippen LogP contribution in [0.3, 0.4) is 0 Å². The summed E-state index contributed by atoms with van der Waals surface area (Å²) in [5.74, 6) is 1.42. The van der Waals surface area contributed by atoms with Crippen molar-refractivity contribution in [3.05, 3.63) is 34.8 Å². The van der Waals surface area contributed by atoms with Crippen molar-refractivity contribution < 1.29 is 10.2 Å². The van der Waals surface area contributed by atoms with Crippen LogP contribution in [0.5, 0.6) is 0 Å². The minimum Gasteiger partial charge on any atom is -0.396 e. The van der Waals surface area contributed by atoms with Crippen molar-refractivity contribution in [2.45, 2.75) is 9.79 Å². The van der Waals surface area contributed by atoms with E-state index in [2.05, 4.69) is 46.3 Å². The van der Waals surface area contributed by atoms with Crippen molar-refractivity contribution in [3.63, 3.8) is 0 Å². The van der Waals surface area contributed by atoms with Gasteiger partial charge in [-0.25, -0.2) is 0 Å². The van der Waals surface area contributed by atoms with Gasteiger partial charge in [0.25, 0.3) is 0 Å². The summed E-state index contributed by atoms with van der Waals surface area (Å²) in [7, 11) is 0. The lowest BCUT2D eigenvalue weighted by Crippen LogP contribution is -1.88. The van der Waals surface area contributed by atoms with Crippen LogP contribution in [0.15, 0.2) is 44.6 Å². The summed E-state index contributed by atoms with van der Waals surface area (Å²) in [5.41, 5.74) is 0. The Kier molecular flexibility index (Phi) is 6.04. The molecule has 19 heavy (non-hydrogen) atoms. The van der Waals surface area contributed by atoms with Crippen LogP contribution in [-0.2, 0) is 0 Å². The van der Waals surface area contributed by atoms with E-state index < -0.39 is 0 Å². The van der Waals surface area contributed by atoms with Gasteiger partial charge in [-0.05, 0) is 44.9 Å². The van der Waals surface area contributed by atoms with Crippen LogP contribution in [0.1, 0.15) is 0 Å². The first-order chi connectivity index (χ1) is 9.26. The van der Waals surface area contributed by atoms with Gasteiger partial charge in [0.2, 0.25) is 0 Å². The van der Waals surface area contributed by atoms with Crippen molar-refractivity contribution >= 4 is 50.2 Å². The third-order valence-electron chi connectivity index (χ3n) is 2.60. The lowest BCUT2D eigenvalue weighted by atomic mass is 10.1. The second-order valence-electron chi connectivity index (χ2n) is 3.90. The van der Waals surface area contributed by atoms with E-state index in [0.29, 0.717) is 5.75 Å². The van der Waals surface area contributed by atoms with E-state index in [1.54, 1.807) is 23.5 Å². The first kappa shape index (κ1) is 15.2. The van der Waals surface area contributed by atoms with Gasteiger partial charge in [-0.15, -0.1) is 23.5 Å². The second-order valence-corrected chi connectivity index (χ2v) is 7.00. The van der Waals surface area contributed by atoms with Gasteiger partial charge in [0.1, 0.15) is 0 Å². The zero-order chi connectivity index (χ0) is 13.7. The molecule has 0 amide bonds. The number of aliphatic hydroxyl groups excluding tert-OH is 2. The summed E-state index contributed by atoms with van der Waals surface area (Å²) in [4.78, 5) is 2.32. The molecule has 0 atom stereocenters. The van der Waals surface area contributed by atoms with Crippen LogP contribution in [0.25, 0.3) is 10.8 Å². The number of hydrogen-bond donors (Lipinski definition) is 2. The van der Waals surface area contributed by atoms with Crippen molar-refractivity contribution in [1.82, 2.24) is 0 Å². The zero-order valence-corrected chi connectivity index (χ0v) is 13.5. The van der Waals surface area contributed by atoms with Gasteiger partial charge < -0.3 is 10.2 Å². The van der Waals surface area contributed by atoms with Crippen LogP contribution in [0.2, 0.25) is 0 Å². The van der Waals surface area contributed by atoms with E-state index in [-0.39, 0.29) is 13.2 Å². The maximum absolute atomic E-state index is 8.89. The Morgan fingerprint density at radius 2 is 1.68 bits per heavy atom. The average Bonchev–Trinajstić information content (AvgIpc) is 2.44. The number of fused-ring (bicyclic) bond motifs is 1. The van der Waals surface area contributed by atoms with Gasteiger partial charge in [0, 0.05) is 25.8 Å². The summed E-state index contributed by atoms with van der Waals surface area (Å²) in [6, 6.07) is 10.5. The number of halogens is 1. The Balaban J connectivity index is 2.30. The van der Waals surface area contributed by atoms with Crippen molar-refractivity contribution in [2.24, 2.45) is 0 Å². The van der Waals surface area contributed by atoms with E-state index >= 15 is 0 Å². The lowest BCUT2D eigenvalue weighted by Gasteiger charge is -2.08. The third-order valence-corrected chi connectivity index (χ3v) is 5.73. The zero-order valence-electron chi connectivity index (χ0n) is 10.3. The molecule has 2 nitrogen and oxygen atoms in total. The summed E-state index contributed by atoms with van der Waals surface area (Å²) < 4.78 is 1.09. The lowest BCUT2D eigenvalue weighted by molar-refractivity contribution is 0.322. The van der Waals surface area contributed by atoms with E-state index in [1.807, 2.05) is 0 Å². The van der Waals surface area contributed by atoms with Gasteiger partial charge in [-0.2, -0.15) is 0 Å². The number of benzene rings is 2. The molecule has 5 heteroatoms. The number of hydrogen-bond acceptors (Lipinski definition) is 4. The monoisotopic (exact) mass is 358 g/mol. The standard InChI is InChI=1S/C14H15BrO2S2/c15-14-12-3-2-11(18-7-5-16)9-10(12)1-4-13(14)19-8-6-17/h1-4,9,16-17H,5-8H2. The van der Waals surface area contributed by atoms with Gasteiger partial charge in [-0.3, -0.25) is 0 Å². The van der Waals surface area contributed by atoms with Crippen LogP contribution in [-0.4, -0.2) is 34.9 Å². The molecular weight excluding hydrogens is 344 g/mol. The molecule has 0 bridgehead atoms. The Labute approximate surface area is 129 Å². The molecule has 0 saturated carbocycles. The first-order valence-corrected chi connectivity index (χ1v) is 8.72. The Bertz CT molecular complexity index is 560. The fraction of sp³-hybridized carbons (Fsp3) is 0.286. The predicted molar refractivity (Wildman–Crippen MR) is 87.3 cm³/mol. The second kappa shape index (κ2) is 7.55. The van der Waals surface area contributed by atoms with Crippen LogP contribution in [0.4, 0.5) is 0 Å². The smallest absolute Gasteiger partial charge is 0.0525 e. The van der Waals surface area contributed by atoms with Crippen LogP contribution < -0.4 is 0 Å². The van der Waals surface area contributed by atoms with E-state index in [0.717, 1.165) is 15.1 Å². The average molecular weight is 359 g/mol. The fourth-order valence-corrected chi connectivity index (χ4v) is 4.02. The quantitative estimate of drug-likeness (QED) is 0.771. The van der Waals surface area contributed by atoms with Crippen LogP contribution >= 0.6 is 39.5 Å². The van der Waals surface area contributed by atoms with E-state index in [4.69, 9.17) is 10.2 Å². The molecule has 2 aromatic carbocycles. The highest BCUT2D eigenvalue weighted by Crippen LogP contribution is 2.35. The summed E-state index contributed by atoms with van der Waals surface area (Å²) in [5, 5.41) is 20.1. The predicted octanol–water partition coefficient (Wildman–Crippen LogP) is 3.77. The highest BCUT2D eigenvalue weighted by atomic mass is 79.9. The van der Waals surface area contributed by atoms with E-state index in [9.17, 15) is 0 Å². The molecule has 2 aromatic rings. The molecule has 0 aliphatic carbocycles. The maximum atomic E-state index is 8.89. The SMILES string of the molecule is OCCSc1ccc2c(Br)c(SCCO)ccc2c1. The first-order valence-electron chi connectivity index (χ1n) is 5.96. The number of rotatable bonds is 6. The summed E-state index contributed by atoms with van der Waals surface area (Å²) in [6.45, 7) is 0.384. The molecule has 0 aliphatic heterocycles. The topological polar surface area (TPSA) is 40.5 Å². The molecule has 0 unspecified atom stereocenters. The molecule has 102 valence electrons. The molecule has 2 N–H and O–H groups in total. The van der Waals surface area contributed by atoms with Crippen molar-refractivity contribution in [3.8, 4) is 0 Å². The van der Waals surface area contributed by atoms with Crippen molar-refractivity contribution in [1.29, 1.82) is 0 Å². The van der Waals surface area contributed by atoms with Gasteiger partial charge in [0.05, 0.1) is 13.2 Å². The summed E-state index contributed by atoms with van der Waals surface area (Å²) in [6.07, 6.45) is 0. The minimum absolute atomic E-state index is 0.186. The highest BCUT2D eigenvalue weighted by Gasteiger charge is 2.06. The molecule has 0 spiro atoms. The molecule has 2 rings (SSSR count). The molecule has 0 aliphatic rings. The normalized spacial score (nSPS) is 11.1. The maximum Gasteiger partial charge on any atom is 0.0525 e. The van der Waals surface area contributed by atoms with Crippen molar-refractivity contribution in [2.75, 3.05) is 24.7 Å². The summed E-state index contributed by atoms with van der Waals surface area (Å²) >= 11 is 6.94. The minimum atomic E-state index is 0.186. The highest BCUT2D eigenvalue weighted by molar-refractivity contribution is 9.10. The Morgan fingerprint density at radius 1 is 0.947 bits per heavy atom.